The summed E-state index contributed by atoms with van der Waals surface area (Å²) in [5, 5.41) is 1.18. The molecule has 1 amide bonds. The third-order valence-electron chi connectivity index (χ3n) is 4.33. The molecular formula is C21H21NO4S. The molecule has 0 radical (unpaired) electrons. The standard InChI is InChI=1S/C21H21NO4S/c1-16-3-8-18(9-4-16)22(19-13-14-27(24,25)15-19)21(23)12-7-17-5-10-20(26-2)11-6-17/h3-14,19H,15H2,1-2H3/b12-7-/t19-/m1/s1. The number of carbonyl (C=O) groups is 1. The maximum Gasteiger partial charge on any atom is 0.251 e. The first-order valence-corrected chi connectivity index (χ1v) is 10.2. The number of hydrogen-bond acceptors (Lipinski definition) is 4. The second kappa shape index (κ2) is 7.80. The van der Waals surface area contributed by atoms with Crippen LogP contribution in [0.4, 0.5) is 5.69 Å². The molecule has 0 spiro atoms. The number of rotatable bonds is 5. The average molecular weight is 383 g/mol. The lowest BCUT2D eigenvalue weighted by Crippen LogP contribution is -2.40. The summed E-state index contributed by atoms with van der Waals surface area (Å²) in [7, 11) is -1.68. The normalized spacial score (nSPS) is 17.9. The molecule has 2 aromatic carbocycles. The van der Waals surface area contributed by atoms with Crippen LogP contribution in [-0.4, -0.2) is 33.2 Å². The molecule has 27 heavy (non-hydrogen) atoms. The van der Waals surface area contributed by atoms with Crippen molar-refractivity contribution in [3.63, 3.8) is 0 Å². The number of hydrogen-bond donors (Lipinski definition) is 0. The van der Waals surface area contributed by atoms with Gasteiger partial charge in [0, 0.05) is 17.2 Å². The van der Waals surface area contributed by atoms with E-state index in [4.69, 9.17) is 4.74 Å². The minimum atomic E-state index is -3.28. The van der Waals surface area contributed by atoms with Crippen molar-refractivity contribution >= 4 is 27.5 Å². The van der Waals surface area contributed by atoms with Gasteiger partial charge in [-0.1, -0.05) is 29.8 Å². The third kappa shape index (κ3) is 4.65. The molecule has 0 saturated heterocycles. The summed E-state index contributed by atoms with van der Waals surface area (Å²) in [5.41, 5.74) is 2.58. The molecule has 5 nitrogen and oxygen atoms in total. The molecule has 0 bridgehead atoms. The SMILES string of the molecule is COc1ccc(/C=C\C(=O)N(c2ccc(C)cc2)[C@@H]2C=CS(=O)(=O)C2)cc1. The van der Waals surface area contributed by atoms with Crippen molar-refractivity contribution < 1.29 is 17.9 Å². The Kier molecular flexibility index (Phi) is 5.46. The molecule has 140 valence electrons. The van der Waals surface area contributed by atoms with Crippen molar-refractivity contribution in [2.75, 3.05) is 17.8 Å². The molecule has 2 aromatic rings. The van der Waals surface area contributed by atoms with Gasteiger partial charge in [-0.2, -0.15) is 0 Å². The molecule has 0 N–H and O–H groups in total. The largest absolute Gasteiger partial charge is 0.497 e. The monoisotopic (exact) mass is 383 g/mol. The molecule has 0 fully saturated rings. The van der Waals surface area contributed by atoms with E-state index in [0.29, 0.717) is 5.69 Å². The summed E-state index contributed by atoms with van der Waals surface area (Å²) in [6.07, 6.45) is 4.73. The van der Waals surface area contributed by atoms with Crippen LogP contribution in [0.15, 0.2) is 66.1 Å². The van der Waals surface area contributed by atoms with Gasteiger partial charge in [0.25, 0.3) is 5.91 Å². The number of nitrogens with zero attached hydrogens (tertiary/aromatic N) is 1. The van der Waals surface area contributed by atoms with Crippen molar-refractivity contribution in [3.8, 4) is 5.75 Å². The topological polar surface area (TPSA) is 63.7 Å². The molecule has 1 aliphatic rings. The number of ether oxygens (including phenoxy) is 1. The fraction of sp³-hybridized carbons (Fsp3) is 0.190. The second-order valence-electron chi connectivity index (χ2n) is 6.38. The van der Waals surface area contributed by atoms with E-state index in [1.54, 1.807) is 19.3 Å². The molecular weight excluding hydrogens is 362 g/mol. The van der Waals surface area contributed by atoms with Crippen LogP contribution in [-0.2, 0) is 14.6 Å². The number of benzene rings is 2. The summed E-state index contributed by atoms with van der Waals surface area (Å²) in [6.45, 7) is 1.96. The highest BCUT2D eigenvalue weighted by Gasteiger charge is 2.30. The van der Waals surface area contributed by atoms with Crippen molar-refractivity contribution in [2.45, 2.75) is 13.0 Å². The van der Waals surface area contributed by atoms with Gasteiger partial charge in [-0.05, 0) is 48.9 Å². The third-order valence-corrected chi connectivity index (χ3v) is 5.70. The highest BCUT2D eigenvalue weighted by Crippen LogP contribution is 2.24. The molecule has 0 aromatic heterocycles. The van der Waals surface area contributed by atoms with E-state index in [1.807, 2.05) is 55.5 Å². The van der Waals surface area contributed by atoms with Crippen LogP contribution >= 0.6 is 0 Å². The van der Waals surface area contributed by atoms with Gasteiger partial charge in [-0.25, -0.2) is 8.42 Å². The fourth-order valence-electron chi connectivity index (χ4n) is 2.87. The number of methoxy groups -OCH3 is 1. The van der Waals surface area contributed by atoms with E-state index in [1.165, 1.54) is 16.4 Å². The Morgan fingerprint density at radius 3 is 2.33 bits per heavy atom. The van der Waals surface area contributed by atoms with Gasteiger partial charge in [0.15, 0.2) is 9.84 Å². The Morgan fingerprint density at radius 1 is 1.11 bits per heavy atom. The Bertz CT molecular complexity index is 974. The van der Waals surface area contributed by atoms with Crippen LogP contribution < -0.4 is 9.64 Å². The zero-order valence-electron chi connectivity index (χ0n) is 15.2. The van der Waals surface area contributed by atoms with Gasteiger partial charge in [-0.3, -0.25) is 4.79 Å². The maximum absolute atomic E-state index is 12.9. The molecule has 0 unspecified atom stereocenters. The molecule has 3 rings (SSSR count). The summed E-state index contributed by atoms with van der Waals surface area (Å²) >= 11 is 0. The van der Waals surface area contributed by atoms with Crippen LogP contribution in [0.25, 0.3) is 6.08 Å². The van der Waals surface area contributed by atoms with Gasteiger partial charge in [0.05, 0.1) is 18.9 Å². The Balaban J connectivity index is 1.87. The summed E-state index contributed by atoms with van der Waals surface area (Å²) in [4.78, 5) is 14.4. The lowest BCUT2D eigenvalue weighted by atomic mass is 10.1. The molecule has 6 heteroatoms. The highest BCUT2D eigenvalue weighted by molar-refractivity contribution is 7.94. The molecule has 0 saturated carbocycles. The predicted octanol–water partition coefficient (Wildman–Crippen LogP) is 3.36. The Hall–Kier alpha value is -2.86. The van der Waals surface area contributed by atoms with Crippen LogP contribution in [0.3, 0.4) is 0 Å². The molecule has 1 aliphatic heterocycles. The number of sulfone groups is 1. The predicted molar refractivity (Wildman–Crippen MR) is 107 cm³/mol. The second-order valence-corrected chi connectivity index (χ2v) is 8.31. The van der Waals surface area contributed by atoms with Crippen molar-refractivity contribution in [3.05, 3.63) is 77.2 Å². The van der Waals surface area contributed by atoms with Crippen LogP contribution in [0.5, 0.6) is 5.75 Å². The zero-order chi connectivity index (χ0) is 19.4. The van der Waals surface area contributed by atoms with Gasteiger partial charge in [0.2, 0.25) is 0 Å². The summed E-state index contributed by atoms with van der Waals surface area (Å²) < 4.78 is 28.8. The number of anilines is 1. The fourth-order valence-corrected chi connectivity index (χ4v) is 4.14. The van der Waals surface area contributed by atoms with Crippen molar-refractivity contribution in [2.24, 2.45) is 0 Å². The lowest BCUT2D eigenvalue weighted by molar-refractivity contribution is -0.114. The lowest BCUT2D eigenvalue weighted by Gasteiger charge is -2.26. The molecule has 0 aliphatic carbocycles. The summed E-state index contributed by atoms with van der Waals surface area (Å²) in [6, 6.07) is 14.2. The van der Waals surface area contributed by atoms with Crippen LogP contribution in [0.1, 0.15) is 11.1 Å². The van der Waals surface area contributed by atoms with E-state index in [2.05, 4.69) is 0 Å². The van der Waals surface area contributed by atoms with E-state index in [9.17, 15) is 13.2 Å². The van der Waals surface area contributed by atoms with Gasteiger partial charge in [0.1, 0.15) is 5.75 Å². The van der Waals surface area contributed by atoms with E-state index in [-0.39, 0.29) is 11.7 Å². The minimum Gasteiger partial charge on any atom is -0.497 e. The first-order valence-electron chi connectivity index (χ1n) is 8.51. The Labute approximate surface area is 159 Å². The van der Waals surface area contributed by atoms with E-state index in [0.717, 1.165) is 16.9 Å². The molecule has 1 heterocycles. The van der Waals surface area contributed by atoms with Crippen LogP contribution in [0, 0.1) is 6.92 Å². The number of carbonyl (C=O) groups excluding carboxylic acids is 1. The summed E-state index contributed by atoms with van der Waals surface area (Å²) in [5.74, 6) is 0.352. The van der Waals surface area contributed by atoms with Crippen LogP contribution in [0.2, 0.25) is 0 Å². The first-order chi connectivity index (χ1) is 12.9. The highest BCUT2D eigenvalue weighted by atomic mass is 32.2. The average Bonchev–Trinajstić information content (AvgIpc) is 3.01. The van der Waals surface area contributed by atoms with Gasteiger partial charge >= 0.3 is 0 Å². The number of aryl methyl sites for hydroxylation is 1. The van der Waals surface area contributed by atoms with Gasteiger partial charge < -0.3 is 9.64 Å². The van der Waals surface area contributed by atoms with Gasteiger partial charge in [-0.15, -0.1) is 0 Å². The zero-order valence-corrected chi connectivity index (χ0v) is 16.0. The van der Waals surface area contributed by atoms with E-state index >= 15 is 0 Å². The quantitative estimate of drug-likeness (QED) is 0.743. The maximum atomic E-state index is 12.9. The smallest absolute Gasteiger partial charge is 0.251 e. The minimum absolute atomic E-state index is 0.108. The van der Waals surface area contributed by atoms with Crippen molar-refractivity contribution in [1.82, 2.24) is 0 Å². The first kappa shape index (κ1) is 18.9. The van der Waals surface area contributed by atoms with Crippen molar-refractivity contribution in [1.29, 1.82) is 0 Å². The van der Waals surface area contributed by atoms with E-state index < -0.39 is 15.9 Å². The molecule has 1 atom stereocenters. The Morgan fingerprint density at radius 2 is 1.78 bits per heavy atom. The number of amides is 1.